The van der Waals surface area contributed by atoms with E-state index in [9.17, 15) is 0 Å². The van der Waals surface area contributed by atoms with Gasteiger partial charge in [0.15, 0.2) is 5.17 Å². The van der Waals surface area contributed by atoms with Gasteiger partial charge in [-0.2, -0.15) is 0 Å². The SMILES string of the molecule is CSC(=NCC1N/C(=C\N)c2ccccc21)Nc1ccc(Cl)cc1. The number of amidine groups is 1. The molecule has 0 fully saturated rings. The molecule has 2 aromatic carbocycles. The maximum absolute atomic E-state index is 5.92. The first kappa shape index (κ1) is 16.7. The first-order valence-electron chi connectivity index (χ1n) is 7.60. The summed E-state index contributed by atoms with van der Waals surface area (Å²) in [5.74, 6) is 0. The van der Waals surface area contributed by atoms with Gasteiger partial charge in [0.25, 0.3) is 0 Å². The molecule has 1 aliphatic rings. The van der Waals surface area contributed by atoms with E-state index in [4.69, 9.17) is 22.3 Å². The zero-order valence-electron chi connectivity index (χ0n) is 13.3. The van der Waals surface area contributed by atoms with Crippen LogP contribution in [0.4, 0.5) is 5.69 Å². The molecule has 0 amide bonds. The molecule has 0 saturated heterocycles. The van der Waals surface area contributed by atoms with Gasteiger partial charge in [0.05, 0.1) is 18.3 Å². The van der Waals surface area contributed by atoms with Gasteiger partial charge < -0.3 is 16.4 Å². The van der Waals surface area contributed by atoms with E-state index in [0.717, 1.165) is 27.1 Å². The summed E-state index contributed by atoms with van der Waals surface area (Å²) in [4.78, 5) is 4.71. The highest BCUT2D eigenvalue weighted by Crippen LogP contribution is 2.32. The summed E-state index contributed by atoms with van der Waals surface area (Å²) >= 11 is 7.50. The van der Waals surface area contributed by atoms with Crippen molar-refractivity contribution in [3.05, 3.63) is 70.9 Å². The van der Waals surface area contributed by atoms with Crippen LogP contribution in [-0.4, -0.2) is 18.0 Å². The molecule has 0 saturated carbocycles. The normalized spacial score (nSPS) is 18.3. The summed E-state index contributed by atoms with van der Waals surface area (Å²) < 4.78 is 0. The standard InChI is InChI=1S/C18H19ClN4S/c1-24-18(22-13-8-6-12(19)7-9-13)21-11-17-15-5-3-2-4-14(15)16(10-20)23-17/h2-10,17,23H,11,20H2,1H3,(H,21,22)/b16-10-. The Bertz CT molecular complexity index is 771. The number of nitrogens with one attached hydrogen (secondary N) is 2. The first-order chi connectivity index (χ1) is 11.7. The highest BCUT2D eigenvalue weighted by molar-refractivity contribution is 8.13. The predicted octanol–water partition coefficient (Wildman–Crippen LogP) is 4.07. The summed E-state index contributed by atoms with van der Waals surface area (Å²) in [6, 6.07) is 16.0. The van der Waals surface area contributed by atoms with Crippen LogP contribution < -0.4 is 16.4 Å². The molecule has 1 heterocycles. The van der Waals surface area contributed by atoms with Crippen molar-refractivity contribution >= 4 is 39.9 Å². The third-order valence-electron chi connectivity index (χ3n) is 3.83. The Labute approximate surface area is 151 Å². The molecule has 1 unspecified atom stereocenters. The van der Waals surface area contributed by atoms with E-state index in [1.807, 2.05) is 42.7 Å². The van der Waals surface area contributed by atoms with Crippen LogP contribution in [0.1, 0.15) is 17.2 Å². The van der Waals surface area contributed by atoms with Crippen LogP contribution in [0.5, 0.6) is 0 Å². The Hall–Kier alpha value is -2.11. The lowest BCUT2D eigenvalue weighted by Crippen LogP contribution is -2.17. The number of rotatable bonds is 3. The van der Waals surface area contributed by atoms with Crippen LogP contribution in [0.15, 0.2) is 59.7 Å². The molecule has 24 heavy (non-hydrogen) atoms. The van der Waals surface area contributed by atoms with Crippen LogP contribution in [0.25, 0.3) is 5.70 Å². The number of hydrogen-bond donors (Lipinski definition) is 3. The van der Waals surface area contributed by atoms with E-state index in [1.165, 1.54) is 5.56 Å². The van der Waals surface area contributed by atoms with Gasteiger partial charge in [-0.15, -0.1) is 0 Å². The minimum Gasteiger partial charge on any atom is -0.403 e. The molecule has 4 N–H and O–H groups in total. The number of nitrogens with zero attached hydrogens (tertiary/aromatic N) is 1. The molecular weight excluding hydrogens is 340 g/mol. The van der Waals surface area contributed by atoms with Gasteiger partial charge >= 0.3 is 0 Å². The van der Waals surface area contributed by atoms with Gasteiger partial charge in [-0.05, 0) is 36.1 Å². The molecule has 0 radical (unpaired) electrons. The van der Waals surface area contributed by atoms with Crippen molar-refractivity contribution in [3.63, 3.8) is 0 Å². The number of fused-ring (bicyclic) bond motifs is 1. The van der Waals surface area contributed by atoms with E-state index in [1.54, 1.807) is 18.0 Å². The van der Waals surface area contributed by atoms with Crippen LogP contribution >= 0.6 is 23.4 Å². The van der Waals surface area contributed by atoms with Crippen molar-refractivity contribution in [2.75, 3.05) is 18.1 Å². The van der Waals surface area contributed by atoms with Gasteiger partial charge in [-0.1, -0.05) is 47.6 Å². The van der Waals surface area contributed by atoms with Crippen LogP contribution in [0.2, 0.25) is 5.02 Å². The van der Waals surface area contributed by atoms with E-state index in [2.05, 4.69) is 22.8 Å². The second-order valence-electron chi connectivity index (χ2n) is 5.35. The maximum atomic E-state index is 5.92. The Morgan fingerprint density at radius 3 is 2.75 bits per heavy atom. The van der Waals surface area contributed by atoms with Gasteiger partial charge in [-0.25, -0.2) is 0 Å². The molecule has 6 heteroatoms. The van der Waals surface area contributed by atoms with Crippen LogP contribution in [-0.2, 0) is 0 Å². The van der Waals surface area contributed by atoms with E-state index < -0.39 is 0 Å². The molecule has 3 rings (SSSR count). The maximum Gasteiger partial charge on any atom is 0.160 e. The Balaban J connectivity index is 1.73. The third kappa shape index (κ3) is 3.68. The molecule has 1 atom stereocenters. The summed E-state index contributed by atoms with van der Waals surface area (Å²) in [7, 11) is 0. The largest absolute Gasteiger partial charge is 0.403 e. The lowest BCUT2D eigenvalue weighted by atomic mass is 10.0. The Morgan fingerprint density at radius 1 is 1.29 bits per heavy atom. The minimum absolute atomic E-state index is 0.130. The quantitative estimate of drug-likeness (QED) is 0.571. The van der Waals surface area contributed by atoms with Gasteiger partial charge in [0.2, 0.25) is 0 Å². The fourth-order valence-corrected chi connectivity index (χ4v) is 3.21. The highest BCUT2D eigenvalue weighted by Gasteiger charge is 2.24. The fourth-order valence-electron chi connectivity index (χ4n) is 2.66. The highest BCUT2D eigenvalue weighted by atomic mass is 35.5. The number of halogens is 1. The number of aliphatic imine (C=N–C) groups is 1. The molecule has 4 nitrogen and oxygen atoms in total. The van der Waals surface area contributed by atoms with Crippen LogP contribution in [0, 0.1) is 0 Å². The number of thioether (sulfide) groups is 1. The smallest absolute Gasteiger partial charge is 0.160 e. The molecular formula is C18H19ClN4S. The monoisotopic (exact) mass is 358 g/mol. The van der Waals surface area contributed by atoms with Crippen molar-refractivity contribution in [2.45, 2.75) is 6.04 Å². The predicted molar refractivity (Wildman–Crippen MR) is 105 cm³/mol. The number of nitrogens with two attached hydrogens (primary N) is 1. The van der Waals surface area contributed by atoms with Crippen LogP contribution in [0.3, 0.4) is 0 Å². The van der Waals surface area contributed by atoms with Gasteiger partial charge in [0.1, 0.15) is 0 Å². The van der Waals surface area contributed by atoms with Gasteiger partial charge in [-0.3, -0.25) is 4.99 Å². The molecule has 0 aliphatic carbocycles. The number of benzene rings is 2. The zero-order valence-corrected chi connectivity index (χ0v) is 14.9. The molecule has 124 valence electrons. The second kappa shape index (κ2) is 7.64. The van der Waals surface area contributed by atoms with Crippen molar-refractivity contribution < 1.29 is 0 Å². The number of anilines is 1. The third-order valence-corrected chi connectivity index (χ3v) is 4.70. The molecule has 2 aromatic rings. The summed E-state index contributed by atoms with van der Waals surface area (Å²) in [5.41, 5.74) is 10.0. The van der Waals surface area contributed by atoms with Gasteiger partial charge in [0, 0.05) is 22.5 Å². The Kier molecular flexibility index (Phi) is 5.33. The van der Waals surface area contributed by atoms with Crippen molar-refractivity contribution in [1.82, 2.24) is 5.32 Å². The molecule has 1 aliphatic heterocycles. The Morgan fingerprint density at radius 2 is 2.04 bits per heavy atom. The average molecular weight is 359 g/mol. The van der Waals surface area contributed by atoms with E-state index >= 15 is 0 Å². The molecule has 0 bridgehead atoms. The summed E-state index contributed by atoms with van der Waals surface area (Å²) in [6.07, 6.45) is 3.62. The fraction of sp³-hybridized carbons (Fsp3) is 0.167. The first-order valence-corrected chi connectivity index (χ1v) is 9.20. The average Bonchev–Trinajstić information content (AvgIpc) is 2.98. The number of hydrogen-bond acceptors (Lipinski definition) is 4. The van der Waals surface area contributed by atoms with E-state index in [0.29, 0.717) is 6.54 Å². The topological polar surface area (TPSA) is 62.4 Å². The lowest BCUT2D eigenvalue weighted by molar-refractivity contribution is 0.675. The molecule has 0 aromatic heterocycles. The van der Waals surface area contributed by atoms with Crippen molar-refractivity contribution in [1.29, 1.82) is 0 Å². The summed E-state index contributed by atoms with van der Waals surface area (Å²) in [6.45, 7) is 0.630. The van der Waals surface area contributed by atoms with E-state index in [-0.39, 0.29) is 6.04 Å². The summed E-state index contributed by atoms with van der Waals surface area (Å²) in [5, 5.41) is 8.33. The van der Waals surface area contributed by atoms with Crippen molar-refractivity contribution in [2.24, 2.45) is 10.7 Å². The molecule has 0 spiro atoms. The zero-order chi connectivity index (χ0) is 16.9. The minimum atomic E-state index is 0.130. The van der Waals surface area contributed by atoms with Crippen molar-refractivity contribution in [3.8, 4) is 0 Å². The second-order valence-corrected chi connectivity index (χ2v) is 6.58. The lowest BCUT2D eigenvalue weighted by Gasteiger charge is -2.12.